The standard InChI is InChI=1S/C17H34S/c1-3-4-5-6-7-8-9-10-11-12-13-14-15-16-17-18-2/h16-17H,3-15H2,1-2H3/b17-16+. The minimum absolute atomic E-state index is 1.28. The lowest BCUT2D eigenvalue weighted by atomic mass is 10.0. The highest BCUT2D eigenvalue weighted by atomic mass is 32.2. The molecular weight excluding hydrogens is 236 g/mol. The summed E-state index contributed by atoms with van der Waals surface area (Å²) < 4.78 is 0. The van der Waals surface area contributed by atoms with Crippen LogP contribution in [0.15, 0.2) is 11.5 Å². The second-order valence-corrected chi connectivity index (χ2v) is 6.03. The van der Waals surface area contributed by atoms with Gasteiger partial charge in [-0.3, -0.25) is 0 Å². The Hall–Kier alpha value is 0.0900. The average molecular weight is 271 g/mol. The quantitative estimate of drug-likeness (QED) is 0.308. The summed E-state index contributed by atoms with van der Waals surface area (Å²) in [4.78, 5) is 0. The number of unbranched alkanes of at least 4 members (excludes halogenated alkanes) is 12. The predicted octanol–water partition coefficient (Wildman–Crippen LogP) is 6.95. The molecule has 0 fully saturated rings. The van der Waals surface area contributed by atoms with E-state index < -0.39 is 0 Å². The van der Waals surface area contributed by atoms with E-state index in [1.807, 2.05) is 0 Å². The molecule has 0 bridgehead atoms. The summed E-state index contributed by atoms with van der Waals surface area (Å²) in [6, 6.07) is 0. The van der Waals surface area contributed by atoms with Crippen LogP contribution in [0.5, 0.6) is 0 Å². The molecule has 0 rings (SSSR count). The molecule has 0 aromatic rings. The van der Waals surface area contributed by atoms with Crippen LogP contribution in [0, 0.1) is 0 Å². The van der Waals surface area contributed by atoms with E-state index >= 15 is 0 Å². The Bertz CT molecular complexity index is 163. The van der Waals surface area contributed by atoms with Gasteiger partial charge in [0.25, 0.3) is 0 Å². The van der Waals surface area contributed by atoms with Gasteiger partial charge in [0.1, 0.15) is 0 Å². The van der Waals surface area contributed by atoms with E-state index in [-0.39, 0.29) is 0 Å². The van der Waals surface area contributed by atoms with Crippen molar-refractivity contribution in [3.8, 4) is 0 Å². The summed E-state index contributed by atoms with van der Waals surface area (Å²) in [5.74, 6) is 0. The molecule has 0 heterocycles. The number of allylic oxidation sites excluding steroid dienone is 1. The van der Waals surface area contributed by atoms with Crippen molar-refractivity contribution >= 4 is 11.8 Å². The summed E-state index contributed by atoms with van der Waals surface area (Å²) >= 11 is 1.81. The van der Waals surface area contributed by atoms with Crippen LogP contribution in [0.1, 0.15) is 90.4 Å². The second kappa shape index (κ2) is 17.1. The molecule has 0 aliphatic carbocycles. The van der Waals surface area contributed by atoms with Crippen LogP contribution in [0.3, 0.4) is 0 Å². The molecular formula is C17H34S. The summed E-state index contributed by atoms with van der Waals surface area (Å²) in [5, 5.41) is 2.21. The Kier molecular flexibility index (Phi) is 17.2. The highest BCUT2D eigenvalue weighted by Crippen LogP contribution is 2.12. The summed E-state index contributed by atoms with van der Waals surface area (Å²) in [6.07, 6.45) is 23.0. The number of hydrogen-bond acceptors (Lipinski definition) is 1. The summed E-state index contributed by atoms with van der Waals surface area (Å²) in [6.45, 7) is 2.29. The van der Waals surface area contributed by atoms with Gasteiger partial charge in [0.15, 0.2) is 0 Å². The Labute approximate surface area is 120 Å². The van der Waals surface area contributed by atoms with Gasteiger partial charge in [0.2, 0.25) is 0 Å². The Morgan fingerprint density at radius 1 is 0.667 bits per heavy atom. The normalized spacial score (nSPS) is 11.4. The highest BCUT2D eigenvalue weighted by molar-refractivity contribution is 8.01. The molecule has 0 aromatic heterocycles. The first kappa shape index (κ1) is 18.1. The first-order chi connectivity index (χ1) is 8.91. The molecule has 0 saturated heterocycles. The van der Waals surface area contributed by atoms with Crippen molar-refractivity contribution in [3.63, 3.8) is 0 Å². The molecule has 0 aromatic carbocycles. The van der Waals surface area contributed by atoms with Gasteiger partial charge < -0.3 is 0 Å². The smallest absolute Gasteiger partial charge is 0.0142 e. The van der Waals surface area contributed by atoms with Crippen molar-refractivity contribution < 1.29 is 0 Å². The lowest BCUT2D eigenvalue weighted by molar-refractivity contribution is 0.545. The fourth-order valence-corrected chi connectivity index (χ4v) is 2.60. The number of rotatable bonds is 14. The minimum atomic E-state index is 1.28. The Morgan fingerprint density at radius 2 is 1.11 bits per heavy atom. The van der Waals surface area contributed by atoms with Gasteiger partial charge in [-0.2, -0.15) is 0 Å². The van der Waals surface area contributed by atoms with Crippen LogP contribution < -0.4 is 0 Å². The molecule has 0 aliphatic heterocycles. The maximum atomic E-state index is 2.31. The van der Waals surface area contributed by atoms with Crippen LogP contribution in [-0.2, 0) is 0 Å². The summed E-state index contributed by atoms with van der Waals surface area (Å²) in [5.41, 5.74) is 0. The van der Waals surface area contributed by atoms with Crippen molar-refractivity contribution in [2.24, 2.45) is 0 Å². The van der Waals surface area contributed by atoms with Crippen molar-refractivity contribution in [2.45, 2.75) is 90.4 Å². The zero-order chi connectivity index (χ0) is 13.3. The van der Waals surface area contributed by atoms with Crippen LogP contribution in [0.4, 0.5) is 0 Å². The molecule has 1 heteroatoms. The van der Waals surface area contributed by atoms with Crippen molar-refractivity contribution in [1.29, 1.82) is 0 Å². The van der Waals surface area contributed by atoms with Gasteiger partial charge >= 0.3 is 0 Å². The molecule has 0 atom stereocenters. The highest BCUT2D eigenvalue weighted by Gasteiger charge is 1.92. The molecule has 0 saturated carbocycles. The largest absolute Gasteiger partial charge is 0.138 e. The fraction of sp³-hybridized carbons (Fsp3) is 0.882. The molecule has 108 valence electrons. The van der Waals surface area contributed by atoms with Crippen LogP contribution in [0.25, 0.3) is 0 Å². The van der Waals surface area contributed by atoms with Crippen molar-refractivity contribution in [1.82, 2.24) is 0 Å². The third-order valence-electron chi connectivity index (χ3n) is 3.46. The maximum absolute atomic E-state index is 2.31. The van der Waals surface area contributed by atoms with E-state index in [0.29, 0.717) is 0 Å². The number of thioether (sulfide) groups is 1. The Morgan fingerprint density at radius 3 is 1.56 bits per heavy atom. The first-order valence-corrected chi connectivity index (χ1v) is 9.38. The first-order valence-electron chi connectivity index (χ1n) is 8.09. The molecule has 0 aliphatic rings. The van der Waals surface area contributed by atoms with Crippen molar-refractivity contribution in [3.05, 3.63) is 11.5 Å². The van der Waals surface area contributed by atoms with Gasteiger partial charge in [-0.1, -0.05) is 83.6 Å². The summed E-state index contributed by atoms with van der Waals surface area (Å²) in [7, 11) is 0. The van der Waals surface area contributed by atoms with E-state index in [1.165, 1.54) is 83.5 Å². The van der Waals surface area contributed by atoms with Gasteiger partial charge in [0.05, 0.1) is 0 Å². The average Bonchev–Trinajstić information content (AvgIpc) is 2.39. The van der Waals surface area contributed by atoms with Gasteiger partial charge in [-0.05, 0) is 24.5 Å². The van der Waals surface area contributed by atoms with E-state index in [2.05, 4.69) is 24.7 Å². The second-order valence-electron chi connectivity index (χ2n) is 5.29. The predicted molar refractivity (Wildman–Crippen MR) is 88.4 cm³/mol. The third kappa shape index (κ3) is 16.1. The lowest BCUT2D eigenvalue weighted by Crippen LogP contribution is -1.82. The monoisotopic (exact) mass is 270 g/mol. The molecule has 0 unspecified atom stereocenters. The van der Waals surface area contributed by atoms with E-state index in [9.17, 15) is 0 Å². The molecule has 0 N–H and O–H groups in total. The number of hydrogen-bond donors (Lipinski definition) is 0. The van der Waals surface area contributed by atoms with Crippen LogP contribution >= 0.6 is 11.8 Å². The minimum Gasteiger partial charge on any atom is -0.138 e. The van der Waals surface area contributed by atoms with Crippen LogP contribution in [-0.4, -0.2) is 6.26 Å². The van der Waals surface area contributed by atoms with Gasteiger partial charge in [-0.25, -0.2) is 0 Å². The maximum Gasteiger partial charge on any atom is -0.0142 e. The molecule has 0 nitrogen and oxygen atoms in total. The van der Waals surface area contributed by atoms with Crippen LogP contribution in [0.2, 0.25) is 0 Å². The topological polar surface area (TPSA) is 0 Å². The lowest BCUT2D eigenvalue weighted by Gasteiger charge is -2.02. The van der Waals surface area contributed by atoms with E-state index in [0.717, 1.165) is 0 Å². The third-order valence-corrected chi connectivity index (χ3v) is 3.92. The SMILES string of the molecule is CCCCCCCCCCCCCC/C=C/SC. The fourth-order valence-electron chi connectivity index (χ4n) is 2.27. The van der Waals surface area contributed by atoms with E-state index in [4.69, 9.17) is 0 Å². The Balaban J connectivity index is 2.92. The molecule has 0 radical (unpaired) electrons. The molecule has 0 amide bonds. The van der Waals surface area contributed by atoms with Crippen molar-refractivity contribution in [2.75, 3.05) is 6.26 Å². The molecule has 0 spiro atoms. The zero-order valence-electron chi connectivity index (χ0n) is 12.8. The van der Waals surface area contributed by atoms with Gasteiger partial charge in [-0.15, -0.1) is 11.8 Å². The zero-order valence-corrected chi connectivity index (χ0v) is 13.6. The van der Waals surface area contributed by atoms with Gasteiger partial charge in [0, 0.05) is 0 Å². The molecule has 18 heavy (non-hydrogen) atoms. The van der Waals surface area contributed by atoms with E-state index in [1.54, 1.807) is 11.8 Å².